The zero-order valence-electron chi connectivity index (χ0n) is 11.4. The van der Waals surface area contributed by atoms with Gasteiger partial charge in [0.1, 0.15) is 0 Å². The lowest BCUT2D eigenvalue weighted by Crippen LogP contribution is -2.45. The molecule has 0 aromatic heterocycles. The summed E-state index contributed by atoms with van der Waals surface area (Å²) >= 11 is 0. The fourth-order valence-electron chi connectivity index (χ4n) is 1.28. The molecule has 3 N–H and O–H groups in total. The number of hydrogen-bond acceptors (Lipinski definition) is 3. The summed E-state index contributed by atoms with van der Waals surface area (Å²) in [6.45, 7) is 6.79. The number of ether oxygens (including phenoxy) is 1. The van der Waals surface area contributed by atoms with Crippen LogP contribution < -0.4 is 11.1 Å². The lowest BCUT2D eigenvalue weighted by molar-refractivity contribution is -0.140. The molecule has 100 valence electrons. The molecule has 0 saturated heterocycles. The Morgan fingerprint density at radius 1 is 1.29 bits per heavy atom. The Morgan fingerprint density at radius 2 is 1.94 bits per heavy atom. The molecule has 0 spiro atoms. The Balaban J connectivity index is 3.56. The van der Waals surface area contributed by atoms with Gasteiger partial charge < -0.3 is 15.8 Å². The van der Waals surface area contributed by atoms with Crippen molar-refractivity contribution in [3.63, 3.8) is 0 Å². The summed E-state index contributed by atoms with van der Waals surface area (Å²) in [4.78, 5) is 15.0. The fraction of sp³-hybridized carbons (Fsp3) is 0.833. The Bertz CT molecular complexity index is 257. The minimum atomic E-state index is -0.151. The molecule has 0 aromatic rings. The van der Waals surface area contributed by atoms with E-state index in [1.807, 2.05) is 20.8 Å². The van der Waals surface area contributed by atoms with Crippen LogP contribution in [0.1, 0.15) is 46.5 Å². The van der Waals surface area contributed by atoms with E-state index in [4.69, 9.17) is 5.73 Å². The van der Waals surface area contributed by atoms with Crippen LogP contribution in [0.25, 0.3) is 0 Å². The van der Waals surface area contributed by atoms with Gasteiger partial charge >= 0.3 is 5.97 Å². The molecule has 17 heavy (non-hydrogen) atoms. The van der Waals surface area contributed by atoms with Crippen molar-refractivity contribution in [2.75, 3.05) is 13.7 Å². The number of guanidine groups is 1. The number of hydrogen-bond donors (Lipinski definition) is 2. The molecule has 0 rings (SSSR count). The van der Waals surface area contributed by atoms with Gasteiger partial charge in [-0.15, -0.1) is 0 Å². The number of rotatable bonds is 6. The predicted octanol–water partition coefficient (Wildman–Crippen LogP) is 1.42. The Hall–Kier alpha value is -1.26. The number of nitrogens with zero attached hydrogens (tertiary/aromatic N) is 1. The molecule has 5 heteroatoms. The van der Waals surface area contributed by atoms with Crippen LogP contribution in [0, 0.1) is 0 Å². The Labute approximate surface area is 104 Å². The molecule has 0 bridgehead atoms. The van der Waals surface area contributed by atoms with Crippen LogP contribution in [0.5, 0.6) is 0 Å². The Morgan fingerprint density at radius 3 is 2.47 bits per heavy atom. The second-order valence-corrected chi connectivity index (χ2v) is 5.03. The molecule has 0 amide bonds. The molecule has 0 aliphatic rings. The van der Waals surface area contributed by atoms with Gasteiger partial charge in [-0.3, -0.25) is 9.79 Å². The number of methoxy groups -OCH3 is 1. The van der Waals surface area contributed by atoms with E-state index in [1.165, 1.54) is 7.11 Å². The zero-order valence-corrected chi connectivity index (χ0v) is 11.4. The number of esters is 1. The highest BCUT2D eigenvalue weighted by Crippen LogP contribution is 2.01. The fourth-order valence-corrected chi connectivity index (χ4v) is 1.28. The molecule has 0 unspecified atom stereocenters. The molecular formula is C12H25N3O2. The molecule has 0 heterocycles. The smallest absolute Gasteiger partial charge is 0.305 e. The van der Waals surface area contributed by atoms with Gasteiger partial charge in [0.05, 0.1) is 7.11 Å². The molecule has 0 saturated carbocycles. The average Bonchev–Trinajstić information content (AvgIpc) is 2.20. The number of nitrogens with two attached hydrogens (primary N) is 1. The van der Waals surface area contributed by atoms with Gasteiger partial charge in [-0.05, 0) is 33.6 Å². The van der Waals surface area contributed by atoms with Gasteiger partial charge in [-0.25, -0.2) is 0 Å². The third kappa shape index (κ3) is 11.0. The topological polar surface area (TPSA) is 76.7 Å². The van der Waals surface area contributed by atoms with E-state index in [0.29, 0.717) is 18.9 Å². The van der Waals surface area contributed by atoms with Crippen molar-refractivity contribution >= 4 is 11.9 Å². The highest BCUT2D eigenvalue weighted by Gasteiger charge is 2.09. The average molecular weight is 243 g/mol. The number of unbranched alkanes of at least 4 members (excludes halogenated alkanes) is 2. The first kappa shape index (κ1) is 15.7. The summed E-state index contributed by atoms with van der Waals surface area (Å²) in [5.74, 6) is 0.327. The maximum absolute atomic E-state index is 10.8. The van der Waals surface area contributed by atoms with Crippen LogP contribution in [0.2, 0.25) is 0 Å². The van der Waals surface area contributed by atoms with Gasteiger partial charge in [-0.2, -0.15) is 0 Å². The number of carbonyl (C=O) groups excluding carboxylic acids is 1. The normalized spacial score (nSPS) is 12.4. The van der Waals surface area contributed by atoms with E-state index in [-0.39, 0.29) is 11.5 Å². The summed E-state index contributed by atoms with van der Waals surface area (Å²) in [5.41, 5.74) is 5.65. The van der Waals surface area contributed by atoms with Crippen LogP contribution in [0.4, 0.5) is 0 Å². The summed E-state index contributed by atoms with van der Waals surface area (Å²) < 4.78 is 4.55. The van der Waals surface area contributed by atoms with Crippen molar-refractivity contribution in [2.24, 2.45) is 10.7 Å². The largest absolute Gasteiger partial charge is 0.469 e. The minimum absolute atomic E-state index is 0.0571. The van der Waals surface area contributed by atoms with E-state index in [1.54, 1.807) is 0 Å². The first-order valence-corrected chi connectivity index (χ1v) is 6.00. The van der Waals surface area contributed by atoms with Gasteiger partial charge in [0.25, 0.3) is 0 Å². The highest BCUT2D eigenvalue weighted by atomic mass is 16.5. The molecule has 0 fully saturated rings. The lowest BCUT2D eigenvalue weighted by atomic mass is 10.1. The molecular weight excluding hydrogens is 218 g/mol. The van der Waals surface area contributed by atoms with Gasteiger partial charge in [0.15, 0.2) is 5.96 Å². The zero-order chi connectivity index (χ0) is 13.3. The van der Waals surface area contributed by atoms with Gasteiger partial charge in [-0.1, -0.05) is 6.42 Å². The van der Waals surface area contributed by atoms with Crippen LogP contribution in [-0.2, 0) is 9.53 Å². The molecule has 0 radical (unpaired) electrons. The molecule has 0 aromatic carbocycles. The van der Waals surface area contributed by atoms with Crippen molar-refractivity contribution in [1.29, 1.82) is 0 Å². The lowest BCUT2D eigenvalue weighted by Gasteiger charge is -2.20. The number of carbonyl (C=O) groups is 1. The summed E-state index contributed by atoms with van der Waals surface area (Å²) in [7, 11) is 1.41. The van der Waals surface area contributed by atoms with E-state index in [2.05, 4.69) is 15.0 Å². The third-order valence-corrected chi connectivity index (χ3v) is 2.05. The van der Waals surface area contributed by atoms with Crippen LogP contribution in [0.15, 0.2) is 4.99 Å². The first-order valence-electron chi connectivity index (χ1n) is 6.00. The van der Waals surface area contributed by atoms with Crippen molar-refractivity contribution in [3.8, 4) is 0 Å². The van der Waals surface area contributed by atoms with Crippen LogP contribution in [-0.4, -0.2) is 31.1 Å². The van der Waals surface area contributed by atoms with Crippen molar-refractivity contribution in [3.05, 3.63) is 0 Å². The first-order chi connectivity index (χ1) is 7.85. The molecule has 0 atom stereocenters. The summed E-state index contributed by atoms with van der Waals surface area (Å²) in [5, 5.41) is 3.09. The minimum Gasteiger partial charge on any atom is -0.469 e. The van der Waals surface area contributed by atoms with E-state index in [9.17, 15) is 4.79 Å². The number of nitrogens with one attached hydrogen (secondary N) is 1. The quantitative estimate of drug-likeness (QED) is 0.320. The van der Waals surface area contributed by atoms with E-state index in [0.717, 1.165) is 19.3 Å². The predicted molar refractivity (Wildman–Crippen MR) is 69.9 cm³/mol. The van der Waals surface area contributed by atoms with E-state index >= 15 is 0 Å². The second-order valence-electron chi connectivity index (χ2n) is 5.03. The SMILES string of the molecule is COC(=O)CCCCCN=C(N)NC(C)(C)C. The van der Waals surface area contributed by atoms with Crippen LogP contribution >= 0.6 is 0 Å². The summed E-state index contributed by atoms with van der Waals surface area (Å²) in [6, 6.07) is 0. The maximum Gasteiger partial charge on any atom is 0.305 e. The van der Waals surface area contributed by atoms with Crippen molar-refractivity contribution in [2.45, 2.75) is 52.0 Å². The number of aliphatic imine (C=N–C) groups is 1. The highest BCUT2D eigenvalue weighted by molar-refractivity contribution is 5.78. The maximum atomic E-state index is 10.8. The van der Waals surface area contributed by atoms with Crippen molar-refractivity contribution in [1.82, 2.24) is 5.32 Å². The summed E-state index contributed by atoms with van der Waals surface area (Å²) in [6.07, 6.45) is 3.22. The molecule has 5 nitrogen and oxygen atoms in total. The molecule has 0 aliphatic heterocycles. The molecule has 0 aliphatic carbocycles. The van der Waals surface area contributed by atoms with Gasteiger partial charge in [0.2, 0.25) is 0 Å². The Kier molecular flexibility index (Phi) is 7.34. The monoisotopic (exact) mass is 243 g/mol. The third-order valence-electron chi connectivity index (χ3n) is 2.05. The van der Waals surface area contributed by atoms with Crippen molar-refractivity contribution < 1.29 is 9.53 Å². The standard InChI is InChI=1S/C12H25N3O2/c1-12(2,3)15-11(13)14-9-7-5-6-8-10(16)17-4/h5-9H2,1-4H3,(H3,13,14,15). The van der Waals surface area contributed by atoms with E-state index < -0.39 is 0 Å². The second kappa shape index (κ2) is 7.92. The van der Waals surface area contributed by atoms with Gasteiger partial charge in [0, 0.05) is 18.5 Å². The van der Waals surface area contributed by atoms with Crippen LogP contribution in [0.3, 0.4) is 0 Å².